The summed E-state index contributed by atoms with van der Waals surface area (Å²) in [5.74, 6) is 0.105. The van der Waals surface area contributed by atoms with Crippen LogP contribution >= 0.6 is 0 Å². The highest BCUT2D eigenvalue weighted by molar-refractivity contribution is 6.02. The molecule has 0 atom stereocenters. The molecule has 0 bridgehead atoms. The largest absolute Gasteiger partial charge is 0.435 e. The van der Waals surface area contributed by atoms with Gasteiger partial charge >= 0.3 is 6.61 Å². The molecular weight excluding hydrogens is 282 g/mol. The number of aromatic nitrogens is 2. The van der Waals surface area contributed by atoms with Crippen molar-refractivity contribution in [3.05, 3.63) is 42.4 Å². The van der Waals surface area contributed by atoms with Crippen molar-refractivity contribution in [2.24, 2.45) is 0 Å². The lowest BCUT2D eigenvalue weighted by atomic mass is 10.3. The number of carbonyl (C=O) groups is 1. The van der Waals surface area contributed by atoms with E-state index in [1.54, 1.807) is 7.05 Å². The van der Waals surface area contributed by atoms with E-state index in [0.717, 1.165) is 0 Å². The molecule has 21 heavy (non-hydrogen) atoms. The number of rotatable bonds is 5. The van der Waals surface area contributed by atoms with Crippen LogP contribution in [-0.2, 0) is 0 Å². The summed E-state index contributed by atoms with van der Waals surface area (Å²) < 4.78 is 28.2. The third kappa shape index (κ3) is 4.10. The molecule has 0 aliphatic rings. The Kier molecular flexibility index (Phi) is 4.60. The van der Waals surface area contributed by atoms with E-state index < -0.39 is 12.5 Å². The van der Waals surface area contributed by atoms with Crippen LogP contribution < -0.4 is 15.4 Å². The number of amides is 1. The topological polar surface area (TPSA) is 76.1 Å². The fraction of sp³-hybridized carbons (Fsp3) is 0.154. The van der Waals surface area contributed by atoms with Gasteiger partial charge in [-0.25, -0.2) is 9.97 Å². The van der Waals surface area contributed by atoms with Crippen molar-refractivity contribution in [1.82, 2.24) is 9.97 Å². The molecule has 1 amide bonds. The third-order valence-corrected chi connectivity index (χ3v) is 2.48. The van der Waals surface area contributed by atoms with Crippen molar-refractivity contribution in [3.8, 4) is 5.75 Å². The van der Waals surface area contributed by atoms with Gasteiger partial charge in [-0.15, -0.1) is 0 Å². The number of nitrogens with one attached hydrogen (secondary N) is 2. The monoisotopic (exact) mass is 294 g/mol. The summed E-state index contributed by atoms with van der Waals surface area (Å²) in [5, 5.41) is 5.36. The van der Waals surface area contributed by atoms with E-state index >= 15 is 0 Å². The molecule has 0 unspecified atom stereocenters. The quantitative estimate of drug-likeness (QED) is 0.885. The van der Waals surface area contributed by atoms with Crippen LogP contribution in [0.3, 0.4) is 0 Å². The average molecular weight is 294 g/mol. The minimum absolute atomic E-state index is 0.0150. The summed E-state index contributed by atoms with van der Waals surface area (Å²) in [6, 6.07) is 5.56. The predicted molar refractivity (Wildman–Crippen MR) is 72.6 cm³/mol. The number of benzene rings is 1. The van der Waals surface area contributed by atoms with Gasteiger partial charge in [0.05, 0.1) is 12.4 Å². The highest BCUT2D eigenvalue weighted by Gasteiger charge is 2.09. The van der Waals surface area contributed by atoms with Crippen molar-refractivity contribution >= 4 is 17.4 Å². The Bertz CT molecular complexity index is 603. The first kappa shape index (κ1) is 14.6. The van der Waals surface area contributed by atoms with Crippen molar-refractivity contribution in [1.29, 1.82) is 0 Å². The van der Waals surface area contributed by atoms with Gasteiger partial charge < -0.3 is 15.4 Å². The molecule has 2 aromatic rings. The Morgan fingerprint density at radius 1 is 1.19 bits per heavy atom. The highest BCUT2D eigenvalue weighted by Crippen LogP contribution is 2.18. The molecule has 1 aromatic heterocycles. The van der Waals surface area contributed by atoms with Gasteiger partial charge in [-0.1, -0.05) is 0 Å². The van der Waals surface area contributed by atoms with Gasteiger partial charge in [0.2, 0.25) is 0 Å². The Morgan fingerprint density at radius 3 is 2.43 bits per heavy atom. The molecule has 0 saturated carbocycles. The van der Waals surface area contributed by atoms with E-state index in [-0.39, 0.29) is 11.4 Å². The number of ether oxygens (including phenoxy) is 1. The standard InChI is InChI=1S/C13H12F2N4O2/c1-16-11-7-17-10(6-18-11)12(20)19-8-2-4-9(5-3-8)21-13(14)15/h2-7,13H,1H3,(H,16,18)(H,19,20). The van der Waals surface area contributed by atoms with E-state index in [0.29, 0.717) is 11.5 Å². The maximum atomic E-state index is 12.0. The van der Waals surface area contributed by atoms with E-state index in [2.05, 4.69) is 25.3 Å². The fourth-order valence-corrected chi connectivity index (χ4v) is 1.49. The Balaban J connectivity index is 2.01. The van der Waals surface area contributed by atoms with Crippen LogP contribution in [0.2, 0.25) is 0 Å². The van der Waals surface area contributed by atoms with Gasteiger partial charge in [0.1, 0.15) is 17.3 Å². The smallest absolute Gasteiger partial charge is 0.387 e. The molecule has 1 heterocycles. The zero-order valence-electron chi connectivity index (χ0n) is 11.0. The molecular formula is C13H12F2N4O2. The summed E-state index contributed by atoms with van der Waals surface area (Å²) in [6.07, 6.45) is 2.75. The minimum Gasteiger partial charge on any atom is -0.435 e. The molecule has 6 nitrogen and oxygen atoms in total. The summed E-state index contributed by atoms with van der Waals surface area (Å²) in [6.45, 7) is -2.88. The second-order valence-electron chi connectivity index (χ2n) is 3.89. The number of carbonyl (C=O) groups excluding carboxylic acids is 1. The van der Waals surface area contributed by atoms with Crippen LogP contribution in [0.15, 0.2) is 36.7 Å². The zero-order valence-corrected chi connectivity index (χ0v) is 11.0. The van der Waals surface area contributed by atoms with E-state index in [1.807, 2.05) is 0 Å². The van der Waals surface area contributed by atoms with Gasteiger partial charge in [-0.3, -0.25) is 4.79 Å². The van der Waals surface area contributed by atoms with Crippen LogP contribution in [0.4, 0.5) is 20.3 Å². The summed E-state index contributed by atoms with van der Waals surface area (Å²) in [5.41, 5.74) is 0.572. The van der Waals surface area contributed by atoms with E-state index in [4.69, 9.17) is 0 Å². The first-order valence-electron chi connectivity index (χ1n) is 5.94. The van der Waals surface area contributed by atoms with Crippen LogP contribution in [0.25, 0.3) is 0 Å². The number of hydrogen-bond donors (Lipinski definition) is 2. The lowest BCUT2D eigenvalue weighted by Gasteiger charge is -2.07. The lowest BCUT2D eigenvalue weighted by molar-refractivity contribution is -0.0498. The Hall–Kier alpha value is -2.77. The number of hydrogen-bond acceptors (Lipinski definition) is 5. The highest BCUT2D eigenvalue weighted by atomic mass is 19.3. The number of halogens is 2. The normalized spacial score (nSPS) is 10.3. The average Bonchev–Trinajstić information content (AvgIpc) is 2.49. The van der Waals surface area contributed by atoms with Gasteiger partial charge in [0, 0.05) is 12.7 Å². The molecule has 0 spiro atoms. The molecule has 0 aliphatic carbocycles. The summed E-state index contributed by atoms with van der Waals surface area (Å²) >= 11 is 0. The first-order valence-corrected chi connectivity index (χ1v) is 5.94. The SMILES string of the molecule is CNc1cnc(C(=O)Nc2ccc(OC(F)F)cc2)cn1. The molecule has 0 aliphatic heterocycles. The number of anilines is 2. The molecule has 0 fully saturated rings. The van der Waals surface area contributed by atoms with E-state index in [1.165, 1.54) is 36.7 Å². The first-order chi connectivity index (χ1) is 10.1. The molecule has 2 N–H and O–H groups in total. The summed E-state index contributed by atoms with van der Waals surface area (Å²) in [7, 11) is 1.69. The maximum Gasteiger partial charge on any atom is 0.387 e. The molecule has 0 saturated heterocycles. The molecule has 8 heteroatoms. The van der Waals surface area contributed by atoms with Crippen molar-refractivity contribution < 1.29 is 18.3 Å². The predicted octanol–water partition coefficient (Wildman–Crippen LogP) is 2.37. The van der Waals surface area contributed by atoms with Gasteiger partial charge in [-0.05, 0) is 24.3 Å². The second kappa shape index (κ2) is 6.60. The third-order valence-electron chi connectivity index (χ3n) is 2.48. The molecule has 110 valence electrons. The van der Waals surface area contributed by atoms with Crippen molar-refractivity contribution in [2.75, 3.05) is 17.7 Å². The molecule has 2 rings (SSSR count). The Labute approximate surface area is 119 Å². The van der Waals surface area contributed by atoms with E-state index in [9.17, 15) is 13.6 Å². The van der Waals surface area contributed by atoms with Crippen molar-refractivity contribution in [3.63, 3.8) is 0 Å². The van der Waals surface area contributed by atoms with Gasteiger partial charge in [-0.2, -0.15) is 8.78 Å². The Morgan fingerprint density at radius 2 is 1.90 bits per heavy atom. The lowest BCUT2D eigenvalue weighted by Crippen LogP contribution is -2.14. The van der Waals surface area contributed by atoms with Crippen LogP contribution in [0.5, 0.6) is 5.75 Å². The zero-order chi connectivity index (χ0) is 15.2. The second-order valence-corrected chi connectivity index (χ2v) is 3.89. The maximum absolute atomic E-state index is 12.0. The van der Waals surface area contributed by atoms with Gasteiger partial charge in [0.15, 0.2) is 0 Å². The van der Waals surface area contributed by atoms with Crippen LogP contribution in [0.1, 0.15) is 10.5 Å². The number of alkyl halides is 2. The molecule has 0 radical (unpaired) electrons. The van der Waals surface area contributed by atoms with Crippen LogP contribution in [-0.4, -0.2) is 29.5 Å². The number of nitrogens with zero attached hydrogens (tertiary/aromatic N) is 2. The van der Waals surface area contributed by atoms with Crippen LogP contribution in [0, 0.1) is 0 Å². The van der Waals surface area contributed by atoms with Gasteiger partial charge in [0.25, 0.3) is 5.91 Å². The fourth-order valence-electron chi connectivity index (χ4n) is 1.49. The summed E-state index contributed by atoms with van der Waals surface area (Å²) in [4.78, 5) is 19.8. The van der Waals surface area contributed by atoms with Crippen molar-refractivity contribution in [2.45, 2.75) is 6.61 Å². The molecule has 1 aromatic carbocycles. The minimum atomic E-state index is -2.88.